The van der Waals surface area contributed by atoms with E-state index in [1.807, 2.05) is 6.92 Å². The monoisotopic (exact) mass is 240 g/mol. The summed E-state index contributed by atoms with van der Waals surface area (Å²) >= 11 is 0. The minimum Gasteiger partial charge on any atom is -0.394 e. The number of carbonyl (C=O) groups excluding carboxylic acids is 2. The number of nitrogens with zero attached hydrogens (tertiary/aromatic N) is 1. The van der Waals surface area contributed by atoms with E-state index >= 15 is 0 Å². The van der Waals surface area contributed by atoms with Crippen molar-refractivity contribution in [3.8, 4) is 0 Å². The highest BCUT2D eigenvalue weighted by molar-refractivity contribution is 6.35. The third-order valence-electron chi connectivity index (χ3n) is 2.23. The first-order valence-electron chi connectivity index (χ1n) is 5.53. The van der Waals surface area contributed by atoms with Gasteiger partial charge in [0, 0.05) is 13.1 Å². The third-order valence-corrected chi connectivity index (χ3v) is 2.23. The molecule has 0 rings (SSSR count). The van der Waals surface area contributed by atoms with Gasteiger partial charge in [0.15, 0.2) is 0 Å². The van der Waals surface area contributed by atoms with Gasteiger partial charge in [-0.1, -0.05) is 19.1 Å². The van der Waals surface area contributed by atoms with Crippen LogP contribution in [-0.4, -0.2) is 47.6 Å². The third kappa shape index (κ3) is 5.31. The summed E-state index contributed by atoms with van der Waals surface area (Å²) < 4.78 is 0. The summed E-state index contributed by atoms with van der Waals surface area (Å²) in [6, 6.07) is -0.388. The molecule has 1 atom stereocenters. The molecule has 0 aromatic rings. The molecular formula is C12H20N2O3. The molecule has 0 spiro atoms. The lowest BCUT2D eigenvalue weighted by atomic mass is 10.2. The fourth-order valence-electron chi connectivity index (χ4n) is 1.22. The quantitative estimate of drug-likeness (QED) is 0.489. The SMILES string of the molecule is C=CCN(CC=C)C(=O)C(=O)NC(CC)CO. The molecule has 0 heterocycles. The molecule has 0 radical (unpaired) electrons. The molecule has 2 amide bonds. The van der Waals surface area contributed by atoms with Gasteiger partial charge in [0.05, 0.1) is 12.6 Å². The standard InChI is InChI=1S/C12H20N2O3/c1-4-7-14(8-5-2)12(17)11(16)13-10(6-3)9-15/h4-5,10,15H,1-2,6-9H2,3H3,(H,13,16). The zero-order valence-corrected chi connectivity index (χ0v) is 10.2. The van der Waals surface area contributed by atoms with E-state index in [9.17, 15) is 9.59 Å². The number of aliphatic hydroxyl groups excluding tert-OH is 1. The molecule has 1 unspecified atom stereocenters. The van der Waals surface area contributed by atoms with Crippen molar-refractivity contribution in [1.82, 2.24) is 10.2 Å². The van der Waals surface area contributed by atoms with Crippen LogP contribution in [0.4, 0.5) is 0 Å². The molecule has 0 aliphatic rings. The van der Waals surface area contributed by atoms with Gasteiger partial charge in [-0.15, -0.1) is 13.2 Å². The maximum absolute atomic E-state index is 11.7. The van der Waals surface area contributed by atoms with E-state index < -0.39 is 11.8 Å². The maximum atomic E-state index is 11.7. The fraction of sp³-hybridized carbons (Fsp3) is 0.500. The van der Waals surface area contributed by atoms with Crippen LogP contribution >= 0.6 is 0 Å². The smallest absolute Gasteiger partial charge is 0.312 e. The van der Waals surface area contributed by atoms with E-state index in [4.69, 9.17) is 5.11 Å². The predicted molar refractivity (Wildman–Crippen MR) is 66.3 cm³/mol. The van der Waals surface area contributed by atoms with Gasteiger partial charge < -0.3 is 15.3 Å². The first-order valence-corrected chi connectivity index (χ1v) is 5.53. The number of hydrogen-bond donors (Lipinski definition) is 2. The second-order valence-electron chi connectivity index (χ2n) is 3.55. The molecule has 0 saturated heterocycles. The summed E-state index contributed by atoms with van der Waals surface area (Å²) in [5.74, 6) is -1.36. The number of hydrogen-bond acceptors (Lipinski definition) is 3. The highest BCUT2D eigenvalue weighted by Gasteiger charge is 2.21. The van der Waals surface area contributed by atoms with Gasteiger partial charge in [-0.2, -0.15) is 0 Å². The summed E-state index contributed by atoms with van der Waals surface area (Å²) in [5, 5.41) is 11.4. The van der Waals surface area contributed by atoms with Crippen LogP contribution < -0.4 is 5.32 Å². The summed E-state index contributed by atoms with van der Waals surface area (Å²) in [6.45, 7) is 9.24. The van der Waals surface area contributed by atoms with Crippen LogP contribution in [0, 0.1) is 0 Å². The van der Waals surface area contributed by atoms with Crippen molar-refractivity contribution in [2.24, 2.45) is 0 Å². The van der Waals surface area contributed by atoms with Crippen molar-refractivity contribution in [1.29, 1.82) is 0 Å². The van der Waals surface area contributed by atoms with Gasteiger partial charge in [-0.3, -0.25) is 9.59 Å². The van der Waals surface area contributed by atoms with Crippen molar-refractivity contribution in [3.63, 3.8) is 0 Å². The number of amides is 2. The Hall–Kier alpha value is -1.62. The second-order valence-corrected chi connectivity index (χ2v) is 3.55. The van der Waals surface area contributed by atoms with Gasteiger partial charge in [0.25, 0.3) is 0 Å². The largest absolute Gasteiger partial charge is 0.394 e. The number of nitrogens with one attached hydrogen (secondary N) is 1. The summed E-state index contributed by atoms with van der Waals surface area (Å²) in [7, 11) is 0. The molecule has 0 aromatic carbocycles. The van der Waals surface area contributed by atoms with Crippen LogP contribution in [0.25, 0.3) is 0 Å². The Morgan fingerprint density at radius 2 is 1.88 bits per heavy atom. The van der Waals surface area contributed by atoms with Gasteiger partial charge in [-0.25, -0.2) is 0 Å². The number of rotatable bonds is 7. The molecule has 0 aliphatic carbocycles. The Morgan fingerprint density at radius 1 is 1.35 bits per heavy atom. The Balaban J connectivity index is 4.48. The molecule has 0 aromatic heterocycles. The van der Waals surface area contributed by atoms with Crippen LogP contribution in [0.3, 0.4) is 0 Å². The van der Waals surface area contributed by atoms with Crippen LogP contribution in [0.2, 0.25) is 0 Å². The number of carbonyl (C=O) groups is 2. The van der Waals surface area contributed by atoms with E-state index in [0.29, 0.717) is 6.42 Å². The highest BCUT2D eigenvalue weighted by Crippen LogP contribution is 1.94. The first-order chi connectivity index (χ1) is 8.10. The van der Waals surface area contributed by atoms with Crippen molar-refractivity contribution < 1.29 is 14.7 Å². The van der Waals surface area contributed by atoms with E-state index in [0.717, 1.165) is 0 Å². The topological polar surface area (TPSA) is 69.6 Å². The van der Waals surface area contributed by atoms with E-state index in [2.05, 4.69) is 18.5 Å². The molecule has 2 N–H and O–H groups in total. The molecule has 0 saturated carbocycles. The van der Waals surface area contributed by atoms with Gasteiger partial charge in [0.2, 0.25) is 0 Å². The fourth-order valence-corrected chi connectivity index (χ4v) is 1.22. The molecule has 17 heavy (non-hydrogen) atoms. The zero-order chi connectivity index (χ0) is 13.3. The van der Waals surface area contributed by atoms with Crippen LogP contribution in [0.1, 0.15) is 13.3 Å². The Bertz CT molecular complexity index is 275. The minimum absolute atomic E-state index is 0.182. The minimum atomic E-state index is -0.713. The lowest BCUT2D eigenvalue weighted by Crippen LogP contribution is -2.47. The molecular weight excluding hydrogens is 220 g/mol. The second kappa shape index (κ2) is 8.52. The lowest BCUT2D eigenvalue weighted by Gasteiger charge is -2.20. The lowest BCUT2D eigenvalue weighted by molar-refractivity contribution is -0.145. The number of aliphatic hydroxyl groups is 1. The van der Waals surface area contributed by atoms with Gasteiger partial charge in [-0.05, 0) is 6.42 Å². The first kappa shape index (κ1) is 15.4. The van der Waals surface area contributed by atoms with Crippen molar-refractivity contribution >= 4 is 11.8 Å². The molecule has 0 bridgehead atoms. The van der Waals surface area contributed by atoms with Crippen molar-refractivity contribution in [2.75, 3.05) is 19.7 Å². The van der Waals surface area contributed by atoms with Gasteiger partial charge >= 0.3 is 11.8 Å². The highest BCUT2D eigenvalue weighted by atomic mass is 16.3. The van der Waals surface area contributed by atoms with Crippen LogP contribution in [0.15, 0.2) is 25.3 Å². The average molecular weight is 240 g/mol. The molecule has 5 heteroatoms. The molecule has 0 fully saturated rings. The van der Waals surface area contributed by atoms with E-state index in [1.54, 1.807) is 0 Å². The predicted octanol–water partition coefficient (Wildman–Crippen LogP) is 0.0741. The molecule has 0 aliphatic heterocycles. The van der Waals surface area contributed by atoms with Crippen LogP contribution in [-0.2, 0) is 9.59 Å². The van der Waals surface area contributed by atoms with Gasteiger partial charge in [0.1, 0.15) is 0 Å². The van der Waals surface area contributed by atoms with Crippen molar-refractivity contribution in [3.05, 3.63) is 25.3 Å². The summed E-state index contributed by atoms with van der Waals surface area (Å²) in [4.78, 5) is 24.6. The Morgan fingerprint density at radius 3 is 2.24 bits per heavy atom. The summed E-state index contributed by atoms with van der Waals surface area (Å²) in [5.41, 5.74) is 0. The molecule has 5 nitrogen and oxygen atoms in total. The zero-order valence-electron chi connectivity index (χ0n) is 10.2. The average Bonchev–Trinajstić information content (AvgIpc) is 2.34. The Labute approximate surface area is 102 Å². The van der Waals surface area contributed by atoms with E-state index in [-0.39, 0.29) is 25.7 Å². The normalized spacial score (nSPS) is 11.4. The van der Waals surface area contributed by atoms with Crippen molar-refractivity contribution in [2.45, 2.75) is 19.4 Å². The Kier molecular flexibility index (Phi) is 7.71. The molecule has 96 valence electrons. The van der Waals surface area contributed by atoms with E-state index in [1.165, 1.54) is 17.1 Å². The maximum Gasteiger partial charge on any atom is 0.312 e. The summed E-state index contributed by atoms with van der Waals surface area (Å²) in [6.07, 6.45) is 3.65. The van der Waals surface area contributed by atoms with Crippen LogP contribution in [0.5, 0.6) is 0 Å².